The van der Waals surface area contributed by atoms with Gasteiger partial charge in [0.1, 0.15) is 11.4 Å². The largest absolute Gasteiger partial charge is 0.465 e. The third-order valence-electron chi connectivity index (χ3n) is 4.22. The van der Waals surface area contributed by atoms with E-state index >= 15 is 0 Å². The van der Waals surface area contributed by atoms with Crippen LogP contribution < -0.4 is 10.6 Å². The Bertz CT molecular complexity index is 984. The summed E-state index contributed by atoms with van der Waals surface area (Å²) in [6.07, 6.45) is 3.33. The fourth-order valence-corrected chi connectivity index (χ4v) is 2.66. The highest BCUT2D eigenvalue weighted by atomic mass is 16.6. The number of hydrogen-bond acceptors (Lipinski definition) is 10. The van der Waals surface area contributed by atoms with Gasteiger partial charge in [0.15, 0.2) is 0 Å². The SMILES string of the molecule is COC(=O)c1ccc(NC/C=C/CNc2ccc(C(=O)OC)cc2[N+](=O)[O-])c([N+](=O)[O-])c1. The van der Waals surface area contributed by atoms with Gasteiger partial charge in [0.05, 0.1) is 35.2 Å². The summed E-state index contributed by atoms with van der Waals surface area (Å²) in [7, 11) is 2.36. The van der Waals surface area contributed by atoms with Gasteiger partial charge in [-0.05, 0) is 24.3 Å². The Kier molecular flexibility index (Phi) is 8.22. The molecule has 0 saturated heterocycles. The number of esters is 2. The van der Waals surface area contributed by atoms with E-state index in [4.69, 9.17) is 0 Å². The third kappa shape index (κ3) is 6.01. The van der Waals surface area contributed by atoms with Crippen LogP contribution >= 0.6 is 0 Å². The van der Waals surface area contributed by atoms with Crippen LogP contribution in [0.5, 0.6) is 0 Å². The number of nitrogens with zero attached hydrogens (tertiary/aromatic N) is 2. The first kappa shape index (κ1) is 23.8. The predicted octanol–water partition coefficient (Wildman–Crippen LogP) is 3.16. The second-order valence-electron chi connectivity index (χ2n) is 6.19. The van der Waals surface area contributed by atoms with E-state index in [9.17, 15) is 29.8 Å². The van der Waals surface area contributed by atoms with E-state index in [1.807, 2.05) is 0 Å². The molecular weight excluding hydrogens is 424 g/mol. The summed E-state index contributed by atoms with van der Waals surface area (Å²) in [6, 6.07) is 7.87. The highest BCUT2D eigenvalue weighted by Crippen LogP contribution is 2.27. The Labute approximate surface area is 182 Å². The molecule has 12 heteroatoms. The van der Waals surface area contributed by atoms with Crippen LogP contribution in [0, 0.1) is 20.2 Å². The molecule has 0 spiro atoms. The molecule has 168 valence electrons. The minimum atomic E-state index is -0.681. The molecule has 0 amide bonds. The summed E-state index contributed by atoms with van der Waals surface area (Å²) in [5, 5.41) is 28.2. The van der Waals surface area contributed by atoms with Crippen molar-refractivity contribution in [2.45, 2.75) is 0 Å². The van der Waals surface area contributed by atoms with Crippen LogP contribution in [0.4, 0.5) is 22.7 Å². The van der Waals surface area contributed by atoms with Gasteiger partial charge in [0.25, 0.3) is 11.4 Å². The van der Waals surface area contributed by atoms with Gasteiger partial charge in [-0.1, -0.05) is 12.2 Å². The normalized spacial score (nSPS) is 10.4. The summed E-state index contributed by atoms with van der Waals surface area (Å²) in [6.45, 7) is 0.451. The number of ether oxygens (including phenoxy) is 2. The molecule has 2 rings (SSSR count). The van der Waals surface area contributed by atoms with Gasteiger partial charge >= 0.3 is 11.9 Å². The molecule has 0 aromatic heterocycles. The smallest absolute Gasteiger partial charge is 0.338 e. The van der Waals surface area contributed by atoms with Crippen molar-refractivity contribution >= 4 is 34.7 Å². The number of carbonyl (C=O) groups excluding carboxylic acids is 2. The Morgan fingerprint density at radius 2 is 1.19 bits per heavy atom. The molecule has 0 radical (unpaired) electrons. The lowest BCUT2D eigenvalue weighted by Gasteiger charge is -2.07. The fraction of sp³-hybridized carbons (Fsp3) is 0.200. The maximum atomic E-state index is 11.5. The molecule has 0 atom stereocenters. The third-order valence-corrected chi connectivity index (χ3v) is 4.22. The van der Waals surface area contributed by atoms with Crippen molar-refractivity contribution < 1.29 is 28.9 Å². The van der Waals surface area contributed by atoms with E-state index in [2.05, 4.69) is 20.1 Å². The Balaban J connectivity index is 1.98. The van der Waals surface area contributed by atoms with Crippen molar-refractivity contribution in [3.8, 4) is 0 Å². The zero-order chi connectivity index (χ0) is 23.7. The zero-order valence-electron chi connectivity index (χ0n) is 17.2. The molecule has 0 aliphatic heterocycles. The van der Waals surface area contributed by atoms with E-state index in [0.29, 0.717) is 0 Å². The molecule has 0 fully saturated rings. The number of carbonyl (C=O) groups is 2. The lowest BCUT2D eigenvalue weighted by Crippen LogP contribution is -2.07. The van der Waals surface area contributed by atoms with E-state index in [0.717, 1.165) is 12.1 Å². The predicted molar refractivity (Wildman–Crippen MR) is 115 cm³/mol. The molecule has 12 nitrogen and oxygen atoms in total. The van der Waals surface area contributed by atoms with Gasteiger partial charge in [0.2, 0.25) is 0 Å². The first-order valence-electron chi connectivity index (χ1n) is 9.14. The summed E-state index contributed by atoms with van der Waals surface area (Å²) >= 11 is 0. The van der Waals surface area contributed by atoms with E-state index in [1.54, 1.807) is 12.2 Å². The van der Waals surface area contributed by atoms with Crippen LogP contribution in [-0.4, -0.2) is 49.1 Å². The maximum Gasteiger partial charge on any atom is 0.338 e. The quantitative estimate of drug-likeness (QED) is 0.241. The second-order valence-corrected chi connectivity index (χ2v) is 6.19. The fourth-order valence-electron chi connectivity index (χ4n) is 2.66. The molecule has 0 saturated carbocycles. The van der Waals surface area contributed by atoms with Crippen LogP contribution in [0.1, 0.15) is 20.7 Å². The van der Waals surface area contributed by atoms with Crippen LogP contribution in [0.15, 0.2) is 48.6 Å². The lowest BCUT2D eigenvalue weighted by atomic mass is 10.1. The standard InChI is InChI=1S/C20H20N4O8/c1-31-19(25)13-5-7-15(17(11-13)23(27)28)21-9-3-4-10-22-16-8-6-14(20(26)32-2)12-18(16)24(29)30/h3-8,11-12,21-22H,9-10H2,1-2H3/b4-3+. The second kappa shape index (κ2) is 11.1. The highest BCUT2D eigenvalue weighted by molar-refractivity contribution is 5.92. The van der Waals surface area contributed by atoms with Crippen molar-refractivity contribution in [3.63, 3.8) is 0 Å². The van der Waals surface area contributed by atoms with Crippen molar-refractivity contribution in [3.05, 3.63) is 79.9 Å². The molecule has 0 aliphatic carbocycles. The Morgan fingerprint density at radius 1 is 0.812 bits per heavy atom. The number of methoxy groups -OCH3 is 2. The maximum absolute atomic E-state index is 11.5. The number of anilines is 2. The van der Waals surface area contributed by atoms with E-state index < -0.39 is 21.8 Å². The highest BCUT2D eigenvalue weighted by Gasteiger charge is 2.18. The lowest BCUT2D eigenvalue weighted by molar-refractivity contribution is -0.384. The van der Waals surface area contributed by atoms with Crippen molar-refractivity contribution in [1.29, 1.82) is 0 Å². The van der Waals surface area contributed by atoms with Gasteiger partial charge in [-0.15, -0.1) is 0 Å². The van der Waals surface area contributed by atoms with Crippen molar-refractivity contribution in [1.82, 2.24) is 0 Å². The number of rotatable bonds is 10. The minimum Gasteiger partial charge on any atom is -0.465 e. The summed E-state index contributed by atoms with van der Waals surface area (Å²) in [4.78, 5) is 44.3. The van der Waals surface area contributed by atoms with Crippen molar-refractivity contribution in [2.24, 2.45) is 0 Å². The van der Waals surface area contributed by atoms with Gasteiger partial charge < -0.3 is 20.1 Å². The van der Waals surface area contributed by atoms with Crippen LogP contribution in [0.25, 0.3) is 0 Å². The van der Waals surface area contributed by atoms with Crippen LogP contribution in [-0.2, 0) is 9.47 Å². The van der Waals surface area contributed by atoms with Gasteiger partial charge in [0, 0.05) is 25.2 Å². The average Bonchev–Trinajstić information content (AvgIpc) is 2.79. The van der Waals surface area contributed by atoms with Crippen LogP contribution in [0.3, 0.4) is 0 Å². The number of nitrogens with one attached hydrogen (secondary N) is 2. The molecule has 2 N–H and O–H groups in total. The monoisotopic (exact) mass is 444 g/mol. The number of nitro benzene ring substituents is 2. The molecule has 2 aromatic carbocycles. The molecular formula is C20H20N4O8. The van der Waals surface area contributed by atoms with E-state index in [-0.39, 0.29) is 47.0 Å². The molecule has 0 unspecified atom stereocenters. The Morgan fingerprint density at radius 3 is 1.50 bits per heavy atom. The first-order valence-corrected chi connectivity index (χ1v) is 9.14. The summed E-state index contributed by atoms with van der Waals surface area (Å²) in [5.41, 5.74) is -0.00121. The van der Waals surface area contributed by atoms with Crippen LogP contribution in [0.2, 0.25) is 0 Å². The molecule has 0 aliphatic rings. The van der Waals surface area contributed by atoms with Gasteiger partial charge in [-0.3, -0.25) is 20.2 Å². The topological polar surface area (TPSA) is 163 Å². The minimum absolute atomic E-state index is 0.0595. The number of benzene rings is 2. The van der Waals surface area contributed by atoms with Gasteiger partial charge in [-0.2, -0.15) is 0 Å². The number of hydrogen-bond donors (Lipinski definition) is 2. The molecule has 0 heterocycles. The summed E-state index contributed by atoms with van der Waals surface area (Å²) in [5.74, 6) is -1.36. The Hall–Kier alpha value is -4.48. The zero-order valence-corrected chi connectivity index (χ0v) is 17.2. The van der Waals surface area contributed by atoms with Crippen molar-refractivity contribution in [2.75, 3.05) is 37.9 Å². The van der Waals surface area contributed by atoms with E-state index in [1.165, 1.54) is 38.5 Å². The number of nitro groups is 2. The van der Waals surface area contributed by atoms with Gasteiger partial charge in [-0.25, -0.2) is 9.59 Å². The summed E-state index contributed by atoms with van der Waals surface area (Å²) < 4.78 is 9.11. The average molecular weight is 444 g/mol. The molecule has 0 bridgehead atoms. The molecule has 32 heavy (non-hydrogen) atoms. The molecule has 2 aromatic rings. The first-order chi connectivity index (χ1) is 15.3.